The summed E-state index contributed by atoms with van der Waals surface area (Å²) in [6, 6.07) is 0. The molecule has 0 aromatic carbocycles. The van der Waals surface area contributed by atoms with Crippen molar-refractivity contribution in [2.24, 2.45) is 47.3 Å². The van der Waals surface area contributed by atoms with E-state index < -0.39 is 0 Å². The summed E-state index contributed by atoms with van der Waals surface area (Å²) in [6.07, 6.45) is 23.6. The third-order valence-corrected chi connectivity index (χ3v) is 14.3. The van der Waals surface area contributed by atoms with Gasteiger partial charge in [0, 0.05) is 5.92 Å². The van der Waals surface area contributed by atoms with Crippen LogP contribution in [0.5, 0.6) is 0 Å². The maximum Gasteiger partial charge on any atom is 0.0653 e. The average molecular weight is 611 g/mol. The molecule has 17 atom stereocenters. The van der Waals surface area contributed by atoms with E-state index in [4.69, 9.17) is 4.74 Å². The lowest BCUT2D eigenvalue weighted by Crippen LogP contribution is -2.62. The zero-order chi connectivity index (χ0) is 29.4. The van der Waals surface area contributed by atoms with Crippen LogP contribution in [0.15, 0.2) is 0 Å². The smallest absolute Gasteiger partial charge is 0.0653 e. The molecule has 0 radical (unpaired) electrons. The van der Waals surface area contributed by atoms with Gasteiger partial charge < -0.3 is 4.74 Å². The first kappa shape index (κ1) is 29.8. The van der Waals surface area contributed by atoms with Crippen LogP contribution in [0.4, 0.5) is 0 Å². The van der Waals surface area contributed by atoms with Crippen LogP contribution in [0, 0.1) is 47.3 Å². The molecule has 9 heteroatoms. The molecule has 9 fully saturated rings. The van der Waals surface area contributed by atoms with E-state index in [1.807, 2.05) is 0 Å². The molecule has 9 aliphatic rings. The molecule has 5 saturated heterocycles. The van der Waals surface area contributed by atoms with Gasteiger partial charge in [-0.05, 0) is 107 Å². The summed E-state index contributed by atoms with van der Waals surface area (Å²) in [5.74, 6) is 5.34. The van der Waals surface area contributed by atoms with Gasteiger partial charge in [0.05, 0.1) is 61.5 Å². The molecule has 0 aromatic heterocycles. The van der Waals surface area contributed by atoms with Crippen LogP contribution in [0.25, 0.3) is 0 Å². The fourth-order valence-corrected chi connectivity index (χ4v) is 12.5. The van der Waals surface area contributed by atoms with Crippen LogP contribution in [0.2, 0.25) is 0 Å². The van der Waals surface area contributed by atoms with E-state index in [-0.39, 0.29) is 12.3 Å². The summed E-state index contributed by atoms with van der Waals surface area (Å²) < 4.78 is 6.72. The van der Waals surface area contributed by atoms with Gasteiger partial charge in [0.15, 0.2) is 0 Å². The monoisotopic (exact) mass is 611 g/mol. The largest absolute Gasteiger partial charge is 0.375 e. The van der Waals surface area contributed by atoms with Crippen molar-refractivity contribution in [3.8, 4) is 0 Å². The zero-order valence-corrected chi connectivity index (χ0v) is 27.4. The third kappa shape index (κ3) is 5.23. The molecule has 9 nitrogen and oxygen atoms in total. The van der Waals surface area contributed by atoms with Gasteiger partial charge in [-0.25, -0.2) is 0 Å². The highest BCUT2D eigenvalue weighted by molar-refractivity contribution is 5.09. The zero-order valence-electron chi connectivity index (χ0n) is 27.4. The van der Waals surface area contributed by atoms with Gasteiger partial charge >= 0.3 is 0 Å². The van der Waals surface area contributed by atoms with E-state index in [1.165, 1.54) is 96.3 Å². The molecule has 9 rings (SSSR count). The molecule has 5 heterocycles. The second kappa shape index (κ2) is 12.3. The molecule has 0 aromatic rings. The Labute approximate surface area is 266 Å². The van der Waals surface area contributed by atoms with Crippen molar-refractivity contribution in [1.82, 2.24) is 42.5 Å². The number of ether oxygens (including phenoxy) is 1. The van der Waals surface area contributed by atoms with Crippen LogP contribution < -0.4 is 42.5 Å². The second-order valence-corrected chi connectivity index (χ2v) is 16.9. The van der Waals surface area contributed by atoms with Crippen molar-refractivity contribution in [2.75, 3.05) is 0 Å². The minimum Gasteiger partial charge on any atom is -0.375 e. The molecule has 4 saturated carbocycles. The normalized spacial score (nSPS) is 55.3. The summed E-state index contributed by atoms with van der Waals surface area (Å²) in [7, 11) is 0. The van der Waals surface area contributed by atoms with E-state index in [0.29, 0.717) is 84.8 Å². The summed E-state index contributed by atoms with van der Waals surface area (Å²) >= 11 is 0. The van der Waals surface area contributed by atoms with Crippen molar-refractivity contribution in [2.45, 2.75) is 172 Å². The van der Waals surface area contributed by atoms with Gasteiger partial charge in [-0.15, -0.1) is 0 Å². The third-order valence-electron chi connectivity index (χ3n) is 14.3. The molecular formula is C35H62N8O. The number of nitrogens with one attached hydrogen (secondary N) is 8. The number of hydrogen-bond acceptors (Lipinski definition) is 9. The standard InChI is InChI=1S/C35H62N8O/c1-18(2)44-26-17-9-16-25-27(26)35-42-33-24-15-8-7-14-23(24)31(40-33)38-29-20-11-4-3-10-19(20)28(36-29)37-30-21-12-5-6-13-22(21)32(39-30)41-34(25)43-35/h18-43H,3-17H2,1-2H3. The van der Waals surface area contributed by atoms with Gasteiger partial charge in [-0.1, -0.05) is 44.9 Å². The van der Waals surface area contributed by atoms with Gasteiger partial charge in [-0.3, -0.25) is 42.5 Å². The Morgan fingerprint density at radius 3 is 1.00 bits per heavy atom. The Bertz CT molecular complexity index is 1010. The highest BCUT2D eigenvalue weighted by atomic mass is 16.5. The molecule has 4 aliphatic carbocycles. The molecule has 8 bridgehead atoms. The van der Waals surface area contributed by atoms with E-state index in [1.54, 1.807) is 0 Å². The van der Waals surface area contributed by atoms with Crippen molar-refractivity contribution in [3.05, 3.63) is 0 Å². The second-order valence-electron chi connectivity index (χ2n) is 16.9. The lowest BCUT2D eigenvalue weighted by molar-refractivity contribution is -0.0659. The first-order valence-electron chi connectivity index (χ1n) is 19.3. The summed E-state index contributed by atoms with van der Waals surface area (Å²) in [4.78, 5) is 0. The lowest BCUT2D eigenvalue weighted by Gasteiger charge is -2.40. The Morgan fingerprint density at radius 2 is 0.659 bits per heavy atom. The van der Waals surface area contributed by atoms with Gasteiger partial charge in [0.2, 0.25) is 0 Å². The Balaban J connectivity index is 1.06. The summed E-state index contributed by atoms with van der Waals surface area (Å²) in [5.41, 5.74) is 0. The summed E-state index contributed by atoms with van der Waals surface area (Å²) in [5, 5.41) is 33.9. The van der Waals surface area contributed by atoms with Gasteiger partial charge in [0.1, 0.15) is 0 Å². The molecule has 5 aliphatic heterocycles. The van der Waals surface area contributed by atoms with E-state index in [2.05, 4.69) is 56.4 Å². The predicted octanol–water partition coefficient (Wildman–Crippen LogP) is 3.01. The Kier molecular flexibility index (Phi) is 8.29. The van der Waals surface area contributed by atoms with E-state index in [9.17, 15) is 0 Å². The number of fused-ring (bicyclic) bond motifs is 20. The molecule has 44 heavy (non-hydrogen) atoms. The van der Waals surface area contributed by atoms with Crippen molar-refractivity contribution < 1.29 is 4.74 Å². The van der Waals surface area contributed by atoms with Crippen LogP contribution in [-0.4, -0.2) is 61.5 Å². The van der Waals surface area contributed by atoms with E-state index in [0.717, 1.165) is 11.8 Å². The number of rotatable bonds is 2. The topological polar surface area (TPSA) is 105 Å². The fraction of sp³-hybridized carbons (Fsp3) is 1.00. The van der Waals surface area contributed by atoms with Crippen molar-refractivity contribution >= 4 is 0 Å². The summed E-state index contributed by atoms with van der Waals surface area (Å²) in [6.45, 7) is 4.45. The minimum atomic E-state index is 0.266. The van der Waals surface area contributed by atoms with Crippen LogP contribution in [0.3, 0.4) is 0 Å². The average Bonchev–Trinajstić information content (AvgIpc) is 3.77. The molecule has 0 amide bonds. The Morgan fingerprint density at radius 1 is 0.364 bits per heavy atom. The molecule has 0 spiro atoms. The van der Waals surface area contributed by atoms with Crippen molar-refractivity contribution in [1.29, 1.82) is 0 Å². The van der Waals surface area contributed by atoms with E-state index >= 15 is 0 Å². The van der Waals surface area contributed by atoms with Crippen LogP contribution in [0.1, 0.15) is 110 Å². The maximum atomic E-state index is 6.72. The molecular weight excluding hydrogens is 548 g/mol. The fourth-order valence-electron chi connectivity index (χ4n) is 12.5. The van der Waals surface area contributed by atoms with Gasteiger partial charge in [0.25, 0.3) is 0 Å². The number of hydrogen-bond donors (Lipinski definition) is 8. The first-order chi connectivity index (χ1) is 21.6. The molecule has 17 unspecified atom stereocenters. The van der Waals surface area contributed by atoms with Crippen molar-refractivity contribution in [3.63, 3.8) is 0 Å². The van der Waals surface area contributed by atoms with Gasteiger partial charge in [-0.2, -0.15) is 0 Å². The predicted molar refractivity (Wildman–Crippen MR) is 173 cm³/mol. The first-order valence-corrected chi connectivity index (χ1v) is 19.3. The quantitative estimate of drug-likeness (QED) is 0.240. The highest BCUT2D eigenvalue weighted by Crippen LogP contribution is 2.46. The SMILES string of the molecule is CC(C)OC1CCCC2C3NC4NC(NC5NC(NC6NC(NC(N3)C12)C1CCCCC61)C1CCCCC51)C1CCCCC41. The molecule has 8 N–H and O–H groups in total. The van der Waals surface area contributed by atoms with Crippen LogP contribution in [-0.2, 0) is 4.74 Å². The lowest BCUT2D eigenvalue weighted by atomic mass is 9.75. The molecule has 248 valence electrons. The van der Waals surface area contributed by atoms with Crippen LogP contribution >= 0.6 is 0 Å². The highest BCUT2D eigenvalue weighted by Gasteiger charge is 2.55. The Hall–Kier alpha value is -0.360. The maximum absolute atomic E-state index is 6.72. The minimum absolute atomic E-state index is 0.266.